The third-order valence-corrected chi connectivity index (χ3v) is 6.01. The Kier molecular flexibility index (Phi) is 5.01. The molecule has 5 nitrogen and oxygen atoms in total. The zero-order valence-corrected chi connectivity index (χ0v) is 14.2. The Morgan fingerprint density at radius 3 is 2.65 bits per heavy atom. The highest BCUT2D eigenvalue weighted by atomic mass is 79.9. The molecule has 1 fully saturated rings. The van der Waals surface area contributed by atoms with Gasteiger partial charge in [-0.3, -0.25) is 0 Å². The van der Waals surface area contributed by atoms with Crippen LogP contribution in [0.5, 0.6) is 0 Å². The highest BCUT2D eigenvalue weighted by Crippen LogP contribution is 2.31. The SMILES string of the molecule is CCCNc1nc(C2CCS(=O)(=O)C2)nc(CC)c1Br. The molecule has 1 N–H and O–H groups in total. The van der Waals surface area contributed by atoms with Crippen molar-refractivity contribution in [3.63, 3.8) is 0 Å². The van der Waals surface area contributed by atoms with Gasteiger partial charge in [0.25, 0.3) is 0 Å². The van der Waals surface area contributed by atoms with Gasteiger partial charge in [-0.2, -0.15) is 0 Å². The fourth-order valence-corrected chi connectivity index (χ4v) is 4.63. The average molecular weight is 362 g/mol. The second-order valence-electron chi connectivity index (χ2n) is 5.07. The molecule has 1 aromatic heterocycles. The number of halogens is 1. The molecule has 2 heterocycles. The summed E-state index contributed by atoms with van der Waals surface area (Å²) in [4.78, 5) is 9.08. The Hall–Kier alpha value is -0.690. The number of aryl methyl sites for hydroxylation is 1. The monoisotopic (exact) mass is 361 g/mol. The molecule has 1 aliphatic rings. The van der Waals surface area contributed by atoms with Crippen LogP contribution in [-0.2, 0) is 16.3 Å². The minimum absolute atomic E-state index is 0.0689. The van der Waals surface area contributed by atoms with Gasteiger partial charge in [0.05, 0.1) is 21.7 Å². The van der Waals surface area contributed by atoms with E-state index in [4.69, 9.17) is 0 Å². The molecule has 1 unspecified atom stereocenters. The Balaban J connectivity index is 2.33. The third kappa shape index (κ3) is 3.49. The van der Waals surface area contributed by atoms with Gasteiger partial charge in [0.1, 0.15) is 11.6 Å². The number of rotatable bonds is 5. The molecule has 2 rings (SSSR count). The maximum atomic E-state index is 11.6. The van der Waals surface area contributed by atoms with Crippen LogP contribution < -0.4 is 5.32 Å². The second-order valence-corrected chi connectivity index (χ2v) is 8.09. The highest BCUT2D eigenvalue weighted by molar-refractivity contribution is 9.10. The molecule has 0 radical (unpaired) electrons. The Labute approximate surface area is 128 Å². The summed E-state index contributed by atoms with van der Waals surface area (Å²) in [7, 11) is -2.92. The van der Waals surface area contributed by atoms with Crippen LogP contribution in [0.25, 0.3) is 0 Å². The lowest BCUT2D eigenvalue weighted by atomic mass is 10.1. The molecular formula is C13H20BrN3O2S. The maximum Gasteiger partial charge on any atom is 0.151 e. The van der Waals surface area contributed by atoms with Crippen LogP contribution in [0.2, 0.25) is 0 Å². The minimum atomic E-state index is -2.92. The van der Waals surface area contributed by atoms with E-state index in [1.54, 1.807) is 0 Å². The molecule has 0 amide bonds. The van der Waals surface area contributed by atoms with E-state index >= 15 is 0 Å². The number of anilines is 1. The number of nitrogens with one attached hydrogen (secondary N) is 1. The lowest BCUT2D eigenvalue weighted by Crippen LogP contribution is -2.13. The van der Waals surface area contributed by atoms with Crippen LogP contribution in [0.1, 0.15) is 44.1 Å². The smallest absolute Gasteiger partial charge is 0.151 e. The zero-order valence-electron chi connectivity index (χ0n) is 11.8. The first-order chi connectivity index (χ1) is 9.46. The van der Waals surface area contributed by atoms with Gasteiger partial charge < -0.3 is 5.32 Å². The zero-order chi connectivity index (χ0) is 14.8. The maximum absolute atomic E-state index is 11.6. The van der Waals surface area contributed by atoms with Crippen molar-refractivity contribution < 1.29 is 8.42 Å². The van der Waals surface area contributed by atoms with Gasteiger partial charge in [-0.15, -0.1) is 0 Å². The van der Waals surface area contributed by atoms with Gasteiger partial charge in [-0.1, -0.05) is 13.8 Å². The Morgan fingerprint density at radius 2 is 2.10 bits per heavy atom. The van der Waals surface area contributed by atoms with Crippen LogP contribution in [0.3, 0.4) is 0 Å². The molecule has 0 spiro atoms. The summed E-state index contributed by atoms with van der Waals surface area (Å²) in [6.07, 6.45) is 2.42. The van der Waals surface area contributed by atoms with E-state index in [2.05, 4.69) is 38.1 Å². The van der Waals surface area contributed by atoms with Gasteiger partial charge in [0.2, 0.25) is 0 Å². The van der Waals surface area contributed by atoms with Crippen molar-refractivity contribution in [3.05, 3.63) is 16.0 Å². The lowest BCUT2D eigenvalue weighted by Gasteiger charge is -2.14. The number of sulfone groups is 1. The summed E-state index contributed by atoms with van der Waals surface area (Å²) in [5, 5.41) is 3.27. The van der Waals surface area contributed by atoms with Crippen molar-refractivity contribution in [2.45, 2.75) is 39.0 Å². The van der Waals surface area contributed by atoms with Crippen LogP contribution in [0.4, 0.5) is 5.82 Å². The van der Waals surface area contributed by atoms with Crippen molar-refractivity contribution in [1.29, 1.82) is 0 Å². The first-order valence-corrected chi connectivity index (χ1v) is 9.58. The standard InChI is InChI=1S/C13H20BrN3O2S/c1-3-6-15-13-11(14)10(4-2)16-12(17-13)9-5-7-20(18,19)8-9/h9H,3-8H2,1-2H3,(H,15,16,17). The topological polar surface area (TPSA) is 72.0 Å². The Morgan fingerprint density at radius 1 is 1.35 bits per heavy atom. The molecule has 20 heavy (non-hydrogen) atoms. The largest absolute Gasteiger partial charge is 0.369 e. The summed E-state index contributed by atoms with van der Waals surface area (Å²) in [5.41, 5.74) is 0.929. The van der Waals surface area contributed by atoms with Crippen molar-refractivity contribution in [1.82, 2.24) is 9.97 Å². The van der Waals surface area contributed by atoms with Crippen molar-refractivity contribution in [2.75, 3.05) is 23.4 Å². The quantitative estimate of drug-likeness (QED) is 0.872. The summed E-state index contributed by atoms with van der Waals surface area (Å²) < 4.78 is 24.1. The van der Waals surface area contributed by atoms with Gasteiger partial charge in [-0.25, -0.2) is 18.4 Å². The van der Waals surface area contributed by atoms with E-state index in [9.17, 15) is 8.42 Å². The number of aromatic nitrogens is 2. The van der Waals surface area contributed by atoms with E-state index < -0.39 is 9.84 Å². The minimum Gasteiger partial charge on any atom is -0.369 e. The summed E-state index contributed by atoms with van der Waals surface area (Å²) >= 11 is 3.53. The highest BCUT2D eigenvalue weighted by Gasteiger charge is 2.31. The average Bonchev–Trinajstić information content (AvgIpc) is 2.78. The van der Waals surface area contributed by atoms with Crippen LogP contribution >= 0.6 is 15.9 Å². The fourth-order valence-electron chi connectivity index (χ4n) is 2.29. The lowest BCUT2D eigenvalue weighted by molar-refractivity contribution is 0.601. The van der Waals surface area contributed by atoms with Crippen LogP contribution in [0.15, 0.2) is 4.47 Å². The third-order valence-electron chi connectivity index (χ3n) is 3.41. The molecule has 1 aromatic rings. The molecule has 1 saturated heterocycles. The predicted octanol–water partition coefficient (Wildman–Crippen LogP) is 2.53. The second kappa shape index (κ2) is 6.39. The van der Waals surface area contributed by atoms with Crippen molar-refractivity contribution >= 4 is 31.6 Å². The van der Waals surface area contributed by atoms with E-state index in [0.29, 0.717) is 12.2 Å². The summed E-state index contributed by atoms with van der Waals surface area (Å²) in [6, 6.07) is 0. The predicted molar refractivity (Wildman–Crippen MR) is 83.9 cm³/mol. The van der Waals surface area contributed by atoms with E-state index in [-0.39, 0.29) is 17.4 Å². The van der Waals surface area contributed by atoms with E-state index in [1.807, 2.05) is 6.92 Å². The fraction of sp³-hybridized carbons (Fsp3) is 0.692. The first-order valence-electron chi connectivity index (χ1n) is 6.97. The van der Waals surface area contributed by atoms with Gasteiger partial charge in [-0.05, 0) is 35.2 Å². The molecule has 1 atom stereocenters. The van der Waals surface area contributed by atoms with Crippen LogP contribution in [-0.4, -0.2) is 36.4 Å². The molecule has 0 bridgehead atoms. The normalized spacial score (nSPS) is 21.1. The molecule has 0 aromatic carbocycles. The molecule has 0 aliphatic carbocycles. The Bertz CT molecular complexity index is 590. The van der Waals surface area contributed by atoms with Gasteiger partial charge in [0.15, 0.2) is 9.84 Å². The molecule has 112 valence electrons. The van der Waals surface area contributed by atoms with E-state index in [0.717, 1.165) is 35.4 Å². The van der Waals surface area contributed by atoms with Crippen molar-refractivity contribution in [3.8, 4) is 0 Å². The first kappa shape index (κ1) is 15.7. The molecular weight excluding hydrogens is 342 g/mol. The van der Waals surface area contributed by atoms with Gasteiger partial charge in [0, 0.05) is 12.5 Å². The van der Waals surface area contributed by atoms with Crippen LogP contribution in [0, 0.1) is 0 Å². The molecule has 1 aliphatic heterocycles. The molecule has 7 heteroatoms. The molecule has 0 saturated carbocycles. The van der Waals surface area contributed by atoms with E-state index in [1.165, 1.54) is 0 Å². The summed E-state index contributed by atoms with van der Waals surface area (Å²) in [6.45, 7) is 4.96. The summed E-state index contributed by atoms with van der Waals surface area (Å²) in [5.74, 6) is 1.78. The number of nitrogens with zero attached hydrogens (tertiary/aromatic N) is 2. The number of hydrogen-bond acceptors (Lipinski definition) is 5. The van der Waals surface area contributed by atoms with Crippen molar-refractivity contribution in [2.24, 2.45) is 0 Å². The number of hydrogen-bond donors (Lipinski definition) is 1. The van der Waals surface area contributed by atoms with Gasteiger partial charge >= 0.3 is 0 Å².